The first kappa shape index (κ1) is 26.4. The van der Waals surface area contributed by atoms with Crippen LogP contribution in [0.25, 0.3) is 21.9 Å². The maximum atomic E-state index is 15.3. The van der Waals surface area contributed by atoms with Gasteiger partial charge in [0.2, 0.25) is 0 Å². The van der Waals surface area contributed by atoms with Crippen LogP contribution in [0.4, 0.5) is 4.39 Å². The lowest BCUT2D eigenvalue weighted by Gasteiger charge is -2.08. The maximum Gasteiger partial charge on any atom is 0.146 e. The second-order valence-corrected chi connectivity index (χ2v) is 9.78. The lowest BCUT2D eigenvalue weighted by atomic mass is 9.97. The first-order valence-electron chi connectivity index (χ1n) is 13.7. The smallest absolute Gasteiger partial charge is 0.146 e. The van der Waals surface area contributed by atoms with Gasteiger partial charge < -0.3 is 0 Å². The van der Waals surface area contributed by atoms with Gasteiger partial charge in [-0.15, -0.1) is 0 Å². The van der Waals surface area contributed by atoms with Crippen LogP contribution in [0.2, 0.25) is 0 Å². The Kier molecular flexibility index (Phi) is 9.73. The van der Waals surface area contributed by atoms with Gasteiger partial charge in [0.05, 0.1) is 5.56 Å². The summed E-state index contributed by atoms with van der Waals surface area (Å²) < 4.78 is 15.3. The summed E-state index contributed by atoms with van der Waals surface area (Å²) >= 11 is 0. The first-order chi connectivity index (χ1) is 18.2. The molecule has 0 saturated heterocycles. The highest BCUT2D eigenvalue weighted by atomic mass is 19.1. The Labute approximate surface area is 222 Å². The van der Waals surface area contributed by atoms with E-state index >= 15 is 4.39 Å². The fourth-order valence-corrected chi connectivity index (χ4v) is 4.68. The number of halogens is 1. The molecule has 0 bridgehead atoms. The van der Waals surface area contributed by atoms with Crippen molar-refractivity contribution in [3.05, 3.63) is 119 Å². The Morgan fingerprint density at radius 3 is 2.16 bits per heavy atom. The summed E-state index contributed by atoms with van der Waals surface area (Å²) in [4.78, 5) is 0. The monoisotopic (exact) mass is 488 g/mol. The van der Waals surface area contributed by atoms with Crippen molar-refractivity contribution in [1.29, 1.82) is 0 Å². The van der Waals surface area contributed by atoms with Crippen molar-refractivity contribution in [3.8, 4) is 23.0 Å². The average molecular weight is 489 g/mol. The van der Waals surface area contributed by atoms with E-state index in [0.29, 0.717) is 10.9 Å². The van der Waals surface area contributed by atoms with Crippen molar-refractivity contribution in [2.75, 3.05) is 0 Å². The molecule has 0 heterocycles. The van der Waals surface area contributed by atoms with Crippen LogP contribution in [0.1, 0.15) is 74.6 Å². The van der Waals surface area contributed by atoms with Crippen LogP contribution in [0.3, 0.4) is 0 Å². The van der Waals surface area contributed by atoms with E-state index in [0.717, 1.165) is 41.3 Å². The Bertz CT molecular complexity index is 1380. The molecule has 0 nitrogen and oxygen atoms in total. The molecule has 188 valence electrons. The SMILES string of the molecule is C/C=C/CCc1ccc(C#Cc2ccc3cc(-c4ccc(CCCCCCC)cc4)ccc3c2F)cc1. The number of hydrogen-bond acceptors (Lipinski definition) is 0. The molecule has 0 aromatic heterocycles. The zero-order chi connectivity index (χ0) is 25.9. The molecule has 0 unspecified atom stereocenters. The van der Waals surface area contributed by atoms with Crippen LogP contribution >= 0.6 is 0 Å². The standard InChI is InChI=1S/C36H37F/c1-3-5-7-8-10-12-29-17-20-31(21-18-29)33-25-26-35-34(27-33)24-23-32(36(35)37)22-19-30-15-13-28(14-16-30)11-9-6-4-2/h4,6,13-18,20-21,23-27H,3,5,7-12H2,1-2H3/b6-4+. The van der Waals surface area contributed by atoms with Crippen LogP contribution in [0.5, 0.6) is 0 Å². The van der Waals surface area contributed by atoms with Crippen molar-refractivity contribution >= 4 is 10.8 Å². The van der Waals surface area contributed by atoms with Gasteiger partial charge in [-0.3, -0.25) is 0 Å². The molecule has 0 radical (unpaired) electrons. The number of fused-ring (bicyclic) bond motifs is 1. The van der Waals surface area contributed by atoms with Crippen LogP contribution in [0, 0.1) is 17.7 Å². The third kappa shape index (κ3) is 7.43. The predicted molar refractivity (Wildman–Crippen MR) is 157 cm³/mol. The van der Waals surface area contributed by atoms with E-state index < -0.39 is 0 Å². The summed E-state index contributed by atoms with van der Waals surface area (Å²) in [5.74, 6) is 5.91. The van der Waals surface area contributed by atoms with Gasteiger partial charge >= 0.3 is 0 Å². The topological polar surface area (TPSA) is 0 Å². The van der Waals surface area contributed by atoms with E-state index in [1.54, 1.807) is 6.07 Å². The van der Waals surface area contributed by atoms with Crippen molar-refractivity contribution in [2.45, 2.75) is 65.2 Å². The van der Waals surface area contributed by atoms with E-state index in [9.17, 15) is 0 Å². The minimum atomic E-state index is -0.252. The maximum absolute atomic E-state index is 15.3. The van der Waals surface area contributed by atoms with Gasteiger partial charge in [0, 0.05) is 10.9 Å². The van der Waals surface area contributed by atoms with E-state index in [2.05, 4.69) is 73.4 Å². The molecule has 0 aliphatic heterocycles. The fraction of sp³-hybridized carbons (Fsp3) is 0.278. The third-order valence-corrected chi connectivity index (χ3v) is 6.94. The molecule has 1 heteroatoms. The van der Waals surface area contributed by atoms with Gasteiger partial charge in [0.1, 0.15) is 5.82 Å². The molecule has 4 aromatic carbocycles. The minimum absolute atomic E-state index is 0.252. The molecule has 4 rings (SSSR count). The molecule has 0 fully saturated rings. The number of hydrogen-bond donors (Lipinski definition) is 0. The first-order valence-corrected chi connectivity index (χ1v) is 13.7. The lowest BCUT2D eigenvalue weighted by Crippen LogP contribution is -1.89. The van der Waals surface area contributed by atoms with Crippen LogP contribution in [0.15, 0.2) is 91.0 Å². The molecule has 0 atom stereocenters. The molecule has 0 aliphatic rings. The van der Waals surface area contributed by atoms with Crippen LogP contribution < -0.4 is 0 Å². The van der Waals surface area contributed by atoms with Crippen LogP contribution in [-0.4, -0.2) is 0 Å². The normalized spacial score (nSPS) is 11.1. The lowest BCUT2D eigenvalue weighted by molar-refractivity contribution is 0.632. The molecule has 0 N–H and O–H groups in total. The molecular weight excluding hydrogens is 451 g/mol. The number of allylic oxidation sites excluding steroid dienone is 2. The highest BCUT2D eigenvalue weighted by molar-refractivity contribution is 5.89. The Balaban J connectivity index is 1.44. The summed E-state index contributed by atoms with van der Waals surface area (Å²) in [6, 6.07) is 26.8. The molecular formula is C36H37F. The van der Waals surface area contributed by atoms with Gasteiger partial charge in [-0.2, -0.15) is 0 Å². The van der Waals surface area contributed by atoms with Crippen LogP contribution in [-0.2, 0) is 12.8 Å². The predicted octanol–water partition coefficient (Wildman–Crippen LogP) is 10.1. The number of rotatable bonds is 10. The minimum Gasteiger partial charge on any atom is -0.205 e. The van der Waals surface area contributed by atoms with E-state index in [4.69, 9.17) is 0 Å². The van der Waals surface area contributed by atoms with Crippen molar-refractivity contribution in [2.24, 2.45) is 0 Å². The average Bonchev–Trinajstić information content (AvgIpc) is 2.94. The molecule has 0 amide bonds. The molecule has 0 saturated carbocycles. The van der Waals surface area contributed by atoms with Gasteiger partial charge in [-0.05, 0) is 84.5 Å². The molecule has 0 aliphatic carbocycles. The Hall–Kier alpha value is -3.63. The van der Waals surface area contributed by atoms with E-state index in [-0.39, 0.29) is 5.82 Å². The summed E-state index contributed by atoms with van der Waals surface area (Å²) in [7, 11) is 0. The number of aryl methyl sites for hydroxylation is 2. The van der Waals surface area contributed by atoms with E-state index in [1.807, 2.05) is 37.3 Å². The number of benzene rings is 4. The Morgan fingerprint density at radius 1 is 0.703 bits per heavy atom. The summed E-state index contributed by atoms with van der Waals surface area (Å²) in [5.41, 5.74) is 6.27. The molecule has 0 spiro atoms. The highest BCUT2D eigenvalue weighted by Crippen LogP contribution is 2.28. The fourth-order valence-electron chi connectivity index (χ4n) is 4.68. The van der Waals surface area contributed by atoms with Crippen molar-refractivity contribution in [1.82, 2.24) is 0 Å². The second kappa shape index (κ2) is 13.6. The molecule has 4 aromatic rings. The highest BCUT2D eigenvalue weighted by Gasteiger charge is 2.08. The summed E-state index contributed by atoms with van der Waals surface area (Å²) in [6.07, 6.45) is 13.9. The zero-order valence-electron chi connectivity index (χ0n) is 22.2. The zero-order valence-corrected chi connectivity index (χ0v) is 22.2. The summed E-state index contributed by atoms with van der Waals surface area (Å²) in [6.45, 7) is 4.29. The van der Waals surface area contributed by atoms with Crippen molar-refractivity contribution in [3.63, 3.8) is 0 Å². The van der Waals surface area contributed by atoms with Gasteiger partial charge in [-0.1, -0.05) is 111 Å². The Morgan fingerprint density at radius 2 is 1.41 bits per heavy atom. The van der Waals surface area contributed by atoms with Crippen molar-refractivity contribution < 1.29 is 4.39 Å². The summed E-state index contributed by atoms with van der Waals surface area (Å²) in [5, 5.41) is 1.50. The van der Waals surface area contributed by atoms with Gasteiger partial charge in [0.25, 0.3) is 0 Å². The third-order valence-electron chi connectivity index (χ3n) is 6.94. The van der Waals surface area contributed by atoms with E-state index in [1.165, 1.54) is 43.2 Å². The second-order valence-electron chi connectivity index (χ2n) is 9.78. The quantitative estimate of drug-likeness (QED) is 0.118. The van der Waals surface area contributed by atoms with Gasteiger partial charge in [0.15, 0.2) is 0 Å². The number of unbranched alkanes of at least 4 members (excludes halogenated alkanes) is 4. The van der Waals surface area contributed by atoms with Gasteiger partial charge in [-0.25, -0.2) is 4.39 Å². The molecule has 37 heavy (non-hydrogen) atoms. The largest absolute Gasteiger partial charge is 0.205 e.